The largest absolute Gasteiger partial charge is 0.493 e. The minimum Gasteiger partial charge on any atom is -0.493 e. The fraction of sp³-hybridized carbons (Fsp3) is 0.259. The summed E-state index contributed by atoms with van der Waals surface area (Å²) >= 11 is 0. The molecule has 0 saturated heterocycles. The van der Waals surface area contributed by atoms with Gasteiger partial charge in [-0.1, -0.05) is 80.8 Å². The molecule has 158 valence electrons. The molecule has 4 nitrogen and oxygen atoms in total. The average Bonchev–Trinajstić information content (AvgIpc) is 2.82. The predicted octanol–water partition coefficient (Wildman–Crippen LogP) is 6.07. The van der Waals surface area contributed by atoms with Crippen LogP contribution in [0.15, 0.2) is 83.7 Å². The zero-order valence-electron chi connectivity index (χ0n) is 18.0. The van der Waals surface area contributed by atoms with Crippen LogP contribution in [-0.4, -0.2) is 16.2 Å². The molecule has 0 unspecified atom stereocenters. The molecule has 0 N–H and O–H groups in total. The minimum atomic E-state index is -0.0396. The molecule has 0 aliphatic carbocycles. The minimum absolute atomic E-state index is 0.0396. The van der Waals surface area contributed by atoms with Crippen molar-refractivity contribution in [3.05, 3.63) is 94.8 Å². The Hall–Kier alpha value is -3.40. The Balaban J connectivity index is 1.78. The molecule has 0 atom stereocenters. The molecule has 0 fully saturated rings. The van der Waals surface area contributed by atoms with Gasteiger partial charge in [-0.15, -0.1) is 0 Å². The standard InChI is InChI=1S/C27H28N2O2/c1-2-3-4-12-19-31-25-18-11-9-16-23(25)26-28-24-17-10-8-15-22(24)27(30)29(26)20-21-13-6-5-7-14-21/h5-11,13-18H,2-4,12,19-20H2,1H3. The van der Waals surface area contributed by atoms with Gasteiger partial charge in [-0.05, 0) is 36.2 Å². The molecule has 31 heavy (non-hydrogen) atoms. The number of unbranched alkanes of at least 4 members (excludes halogenated alkanes) is 3. The summed E-state index contributed by atoms with van der Waals surface area (Å²) in [6.07, 6.45) is 4.59. The zero-order valence-corrected chi connectivity index (χ0v) is 18.0. The molecule has 4 heteroatoms. The Morgan fingerprint density at radius 1 is 0.839 bits per heavy atom. The van der Waals surface area contributed by atoms with Gasteiger partial charge in [0.15, 0.2) is 0 Å². The maximum atomic E-state index is 13.5. The van der Waals surface area contributed by atoms with Gasteiger partial charge in [0.25, 0.3) is 5.56 Å². The number of aromatic nitrogens is 2. The number of hydrogen-bond donors (Lipinski definition) is 0. The van der Waals surface area contributed by atoms with Crippen LogP contribution in [0.1, 0.15) is 38.2 Å². The highest BCUT2D eigenvalue weighted by Gasteiger charge is 2.16. The molecule has 0 bridgehead atoms. The van der Waals surface area contributed by atoms with Crippen LogP contribution in [0.2, 0.25) is 0 Å². The number of fused-ring (bicyclic) bond motifs is 1. The van der Waals surface area contributed by atoms with Gasteiger partial charge in [0.1, 0.15) is 11.6 Å². The highest BCUT2D eigenvalue weighted by atomic mass is 16.5. The summed E-state index contributed by atoms with van der Waals surface area (Å²) in [5, 5.41) is 0.625. The van der Waals surface area contributed by atoms with Crippen LogP contribution >= 0.6 is 0 Å². The van der Waals surface area contributed by atoms with Gasteiger partial charge in [-0.25, -0.2) is 4.98 Å². The zero-order chi connectivity index (χ0) is 21.5. The number of para-hydroxylation sites is 2. The molecular formula is C27H28N2O2. The van der Waals surface area contributed by atoms with E-state index in [2.05, 4.69) is 6.92 Å². The van der Waals surface area contributed by atoms with E-state index in [-0.39, 0.29) is 5.56 Å². The van der Waals surface area contributed by atoms with Gasteiger partial charge in [0.2, 0.25) is 0 Å². The molecule has 0 aliphatic heterocycles. The van der Waals surface area contributed by atoms with E-state index in [1.807, 2.05) is 78.9 Å². The van der Waals surface area contributed by atoms with Crippen LogP contribution in [0.4, 0.5) is 0 Å². The van der Waals surface area contributed by atoms with Gasteiger partial charge >= 0.3 is 0 Å². The topological polar surface area (TPSA) is 44.1 Å². The van der Waals surface area contributed by atoms with Crippen molar-refractivity contribution in [1.82, 2.24) is 9.55 Å². The second-order valence-corrected chi connectivity index (χ2v) is 7.73. The Bertz CT molecular complexity index is 1200. The summed E-state index contributed by atoms with van der Waals surface area (Å²) in [4.78, 5) is 18.4. The lowest BCUT2D eigenvalue weighted by atomic mass is 10.1. The average molecular weight is 413 g/mol. The summed E-state index contributed by atoms with van der Waals surface area (Å²) in [5.41, 5.74) is 2.56. The Morgan fingerprint density at radius 2 is 1.58 bits per heavy atom. The van der Waals surface area contributed by atoms with Crippen molar-refractivity contribution in [1.29, 1.82) is 0 Å². The van der Waals surface area contributed by atoms with Crippen molar-refractivity contribution in [2.45, 2.75) is 39.2 Å². The number of ether oxygens (including phenoxy) is 1. The first-order valence-corrected chi connectivity index (χ1v) is 11.0. The van der Waals surface area contributed by atoms with Crippen LogP contribution in [0, 0.1) is 0 Å². The van der Waals surface area contributed by atoms with Crippen molar-refractivity contribution in [3.8, 4) is 17.1 Å². The summed E-state index contributed by atoms with van der Waals surface area (Å²) in [6.45, 7) is 3.32. The monoisotopic (exact) mass is 412 g/mol. The lowest BCUT2D eigenvalue weighted by Crippen LogP contribution is -2.24. The molecule has 4 rings (SSSR count). The van der Waals surface area contributed by atoms with Crippen molar-refractivity contribution >= 4 is 10.9 Å². The third-order valence-corrected chi connectivity index (χ3v) is 5.43. The molecule has 0 amide bonds. The van der Waals surface area contributed by atoms with Crippen LogP contribution in [0.25, 0.3) is 22.3 Å². The first-order valence-electron chi connectivity index (χ1n) is 11.0. The maximum Gasteiger partial charge on any atom is 0.261 e. The second-order valence-electron chi connectivity index (χ2n) is 7.73. The van der Waals surface area contributed by atoms with Crippen molar-refractivity contribution in [2.75, 3.05) is 6.61 Å². The highest BCUT2D eigenvalue weighted by Crippen LogP contribution is 2.29. The summed E-state index contributed by atoms with van der Waals surface area (Å²) < 4.78 is 7.90. The van der Waals surface area contributed by atoms with Gasteiger partial charge in [-0.3, -0.25) is 9.36 Å². The first kappa shape index (κ1) is 20.9. The molecule has 0 aliphatic rings. The van der Waals surface area contributed by atoms with E-state index in [9.17, 15) is 4.79 Å². The summed E-state index contributed by atoms with van der Waals surface area (Å²) in [6, 6.07) is 25.4. The van der Waals surface area contributed by atoms with E-state index in [1.54, 1.807) is 4.57 Å². The normalized spacial score (nSPS) is 11.0. The van der Waals surface area contributed by atoms with Gasteiger partial charge in [0, 0.05) is 0 Å². The predicted molar refractivity (Wildman–Crippen MR) is 127 cm³/mol. The molecule has 0 saturated carbocycles. The Labute approximate surface area is 183 Å². The Morgan fingerprint density at radius 3 is 2.42 bits per heavy atom. The summed E-state index contributed by atoms with van der Waals surface area (Å²) in [7, 11) is 0. The van der Waals surface area contributed by atoms with E-state index in [1.165, 1.54) is 12.8 Å². The number of benzene rings is 3. The molecule has 1 heterocycles. The Kier molecular flexibility index (Phi) is 6.78. The summed E-state index contributed by atoms with van der Waals surface area (Å²) in [5.74, 6) is 1.40. The van der Waals surface area contributed by atoms with Crippen LogP contribution < -0.4 is 10.3 Å². The van der Waals surface area contributed by atoms with Crippen LogP contribution in [-0.2, 0) is 6.54 Å². The van der Waals surface area contributed by atoms with Crippen LogP contribution in [0.3, 0.4) is 0 Å². The van der Waals surface area contributed by atoms with Crippen molar-refractivity contribution in [2.24, 2.45) is 0 Å². The second kappa shape index (κ2) is 10.1. The number of hydrogen-bond acceptors (Lipinski definition) is 3. The lowest BCUT2D eigenvalue weighted by molar-refractivity contribution is 0.306. The fourth-order valence-electron chi connectivity index (χ4n) is 3.77. The third kappa shape index (κ3) is 4.85. The van der Waals surface area contributed by atoms with Crippen molar-refractivity contribution < 1.29 is 4.74 Å². The van der Waals surface area contributed by atoms with E-state index < -0.39 is 0 Å². The molecule has 4 aromatic rings. The van der Waals surface area contributed by atoms with Gasteiger partial charge in [0.05, 0.1) is 29.6 Å². The van der Waals surface area contributed by atoms with Gasteiger partial charge < -0.3 is 4.74 Å². The SMILES string of the molecule is CCCCCCOc1ccccc1-c1nc2ccccc2c(=O)n1Cc1ccccc1. The lowest BCUT2D eigenvalue weighted by Gasteiger charge is -2.17. The molecule has 1 aromatic heterocycles. The van der Waals surface area contributed by atoms with E-state index >= 15 is 0 Å². The van der Waals surface area contributed by atoms with E-state index in [0.29, 0.717) is 29.9 Å². The van der Waals surface area contributed by atoms with Gasteiger partial charge in [-0.2, -0.15) is 0 Å². The van der Waals surface area contributed by atoms with Crippen LogP contribution in [0.5, 0.6) is 5.75 Å². The molecule has 0 spiro atoms. The number of rotatable bonds is 9. The smallest absolute Gasteiger partial charge is 0.261 e. The van der Waals surface area contributed by atoms with E-state index in [0.717, 1.165) is 29.7 Å². The number of nitrogens with zero attached hydrogens (tertiary/aromatic N) is 2. The molecule has 0 radical (unpaired) electrons. The third-order valence-electron chi connectivity index (χ3n) is 5.43. The van der Waals surface area contributed by atoms with E-state index in [4.69, 9.17) is 9.72 Å². The quantitative estimate of drug-likeness (QED) is 0.313. The first-order chi connectivity index (χ1) is 15.3. The highest BCUT2D eigenvalue weighted by molar-refractivity contribution is 5.80. The molecule has 3 aromatic carbocycles. The maximum absolute atomic E-state index is 13.5. The molecular weight excluding hydrogens is 384 g/mol. The fourth-order valence-corrected chi connectivity index (χ4v) is 3.77. The van der Waals surface area contributed by atoms with Crippen molar-refractivity contribution in [3.63, 3.8) is 0 Å².